The van der Waals surface area contributed by atoms with E-state index in [9.17, 15) is 0 Å². The molecule has 0 amide bonds. The molecule has 1 aromatic heterocycles. The van der Waals surface area contributed by atoms with E-state index in [1.807, 2.05) is 30.5 Å². The van der Waals surface area contributed by atoms with Gasteiger partial charge in [-0.05, 0) is 56.7 Å². The molecule has 146 valence electrons. The first-order valence-electron chi connectivity index (χ1n) is 10.4. The van der Waals surface area contributed by atoms with Crippen molar-refractivity contribution in [1.82, 2.24) is 4.98 Å². The fourth-order valence-corrected chi connectivity index (χ4v) is 4.05. The Labute approximate surface area is 163 Å². The lowest BCUT2D eigenvalue weighted by molar-refractivity contribution is -0.937. The number of pyridine rings is 1. The number of rotatable bonds is 10. The van der Waals surface area contributed by atoms with Gasteiger partial charge >= 0.3 is 0 Å². The zero-order chi connectivity index (χ0) is 18.7. The molecule has 4 heteroatoms. The lowest BCUT2D eigenvalue weighted by atomic mass is 9.96. The van der Waals surface area contributed by atoms with Crippen LogP contribution in [0.4, 0.5) is 0 Å². The molecule has 2 aromatic rings. The molecule has 1 aliphatic rings. The number of quaternary nitrogens is 1. The minimum Gasteiger partial charge on any atom is -0.497 e. The Kier molecular flexibility index (Phi) is 7.97. The largest absolute Gasteiger partial charge is 0.497 e. The molecule has 27 heavy (non-hydrogen) atoms. The number of hydrogen-bond acceptors (Lipinski definition) is 3. The lowest BCUT2D eigenvalue weighted by Crippen LogP contribution is -3.13. The number of unbranched alkanes of at least 4 members (excludes halogenated alkanes) is 3. The van der Waals surface area contributed by atoms with E-state index in [-0.39, 0.29) is 0 Å². The van der Waals surface area contributed by atoms with Gasteiger partial charge in [0.15, 0.2) is 0 Å². The molecule has 2 heterocycles. The first-order chi connectivity index (χ1) is 13.4. The standard InChI is InChI=1S/C23H32N2O2/c1-26-21-11-8-12-22(18-21)27-17-7-3-2-5-15-25-16-6-4-13-23(25)20-10-9-14-24-19-20/h8-12,14,18-19,23H,2-7,13,15-17H2,1H3/p+1/t23-/m0/s1. The van der Waals surface area contributed by atoms with E-state index in [1.165, 1.54) is 57.2 Å². The maximum Gasteiger partial charge on any atom is 0.122 e. The Bertz CT molecular complexity index is 662. The Morgan fingerprint density at radius 1 is 1.04 bits per heavy atom. The van der Waals surface area contributed by atoms with Gasteiger partial charge in [0.25, 0.3) is 0 Å². The number of aromatic nitrogens is 1. The zero-order valence-electron chi connectivity index (χ0n) is 16.5. The number of nitrogens with one attached hydrogen (secondary N) is 1. The molecule has 2 atom stereocenters. The monoisotopic (exact) mass is 369 g/mol. The zero-order valence-corrected chi connectivity index (χ0v) is 16.5. The van der Waals surface area contributed by atoms with Gasteiger partial charge in [-0.25, -0.2) is 0 Å². The predicted molar refractivity (Wildman–Crippen MR) is 108 cm³/mol. The first kappa shape index (κ1) is 19.7. The number of hydrogen-bond donors (Lipinski definition) is 1. The summed E-state index contributed by atoms with van der Waals surface area (Å²) < 4.78 is 11.1. The van der Waals surface area contributed by atoms with Crippen LogP contribution < -0.4 is 14.4 Å². The van der Waals surface area contributed by atoms with Gasteiger partial charge in [0.2, 0.25) is 0 Å². The van der Waals surface area contributed by atoms with Crippen molar-refractivity contribution >= 4 is 0 Å². The summed E-state index contributed by atoms with van der Waals surface area (Å²) >= 11 is 0. The smallest absolute Gasteiger partial charge is 0.122 e. The van der Waals surface area contributed by atoms with Crippen LogP contribution in [-0.2, 0) is 0 Å². The molecule has 0 aliphatic carbocycles. The highest BCUT2D eigenvalue weighted by molar-refractivity contribution is 5.32. The molecule has 3 rings (SSSR count). The van der Waals surface area contributed by atoms with E-state index in [4.69, 9.17) is 9.47 Å². The van der Waals surface area contributed by atoms with Gasteiger partial charge in [0, 0.05) is 30.4 Å². The number of piperidine rings is 1. The van der Waals surface area contributed by atoms with Crippen LogP contribution in [0.15, 0.2) is 48.8 Å². The van der Waals surface area contributed by atoms with Gasteiger partial charge < -0.3 is 14.4 Å². The molecule has 1 aromatic carbocycles. The summed E-state index contributed by atoms with van der Waals surface area (Å²) in [5.41, 5.74) is 1.42. The van der Waals surface area contributed by atoms with Crippen molar-refractivity contribution in [2.24, 2.45) is 0 Å². The molecule has 0 spiro atoms. The molecule has 1 fully saturated rings. The Hall–Kier alpha value is -2.07. The van der Waals surface area contributed by atoms with Crippen molar-refractivity contribution in [1.29, 1.82) is 0 Å². The Balaban J connectivity index is 1.32. The topological polar surface area (TPSA) is 35.8 Å². The average Bonchev–Trinajstić information content (AvgIpc) is 2.74. The highest BCUT2D eigenvalue weighted by atomic mass is 16.5. The quantitative estimate of drug-likeness (QED) is 0.647. The van der Waals surface area contributed by atoms with Gasteiger partial charge in [-0.1, -0.05) is 12.1 Å². The SMILES string of the molecule is COc1cccc(OCCCCCC[NH+]2CCCC[C@H]2c2cccnc2)c1. The second-order valence-electron chi connectivity index (χ2n) is 7.43. The summed E-state index contributed by atoms with van der Waals surface area (Å²) in [4.78, 5) is 6.08. The van der Waals surface area contributed by atoms with E-state index in [0.29, 0.717) is 6.04 Å². The van der Waals surface area contributed by atoms with Gasteiger partial charge in [-0.3, -0.25) is 4.98 Å². The van der Waals surface area contributed by atoms with Crippen LogP contribution in [0.1, 0.15) is 56.6 Å². The maximum absolute atomic E-state index is 5.83. The average molecular weight is 370 g/mol. The minimum absolute atomic E-state index is 0.642. The summed E-state index contributed by atoms with van der Waals surface area (Å²) in [5, 5.41) is 0. The van der Waals surface area contributed by atoms with E-state index < -0.39 is 0 Å². The van der Waals surface area contributed by atoms with Crippen molar-refractivity contribution in [3.05, 3.63) is 54.4 Å². The van der Waals surface area contributed by atoms with E-state index in [0.717, 1.165) is 24.5 Å². The van der Waals surface area contributed by atoms with E-state index in [1.54, 1.807) is 12.0 Å². The lowest BCUT2D eigenvalue weighted by Gasteiger charge is -2.32. The summed E-state index contributed by atoms with van der Waals surface area (Å²) in [7, 11) is 1.68. The summed E-state index contributed by atoms with van der Waals surface area (Å²) in [6.07, 6.45) is 12.9. The van der Waals surface area contributed by atoms with Gasteiger partial charge in [0.05, 0.1) is 26.8 Å². The van der Waals surface area contributed by atoms with Crippen LogP contribution in [0.25, 0.3) is 0 Å². The third kappa shape index (κ3) is 6.24. The van der Waals surface area contributed by atoms with Gasteiger partial charge in [0.1, 0.15) is 17.5 Å². The van der Waals surface area contributed by atoms with Crippen molar-refractivity contribution in [2.75, 3.05) is 26.8 Å². The number of ether oxygens (including phenoxy) is 2. The fraction of sp³-hybridized carbons (Fsp3) is 0.522. The number of likely N-dealkylation sites (tertiary alicyclic amines) is 1. The van der Waals surface area contributed by atoms with E-state index >= 15 is 0 Å². The highest BCUT2D eigenvalue weighted by Gasteiger charge is 2.27. The first-order valence-corrected chi connectivity index (χ1v) is 10.4. The Morgan fingerprint density at radius 3 is 2.78 bits per heavy atom. The van der Waals surface area contributed by atoms with Gasteiger partial charge in [-0.15, -0.1) is 0 Å². The second kappa shape index (κ2) is 10.9. The van der Waals surface area contributed by atoms with Crippen LogP contribution in [0, 0.1) is 0 Å². The minimum atomic E-state index is 0.642. The van der Waals surface area contributed by atoms with Crippen LogP contribution >= 0.6 is 0 Å². The summed E-state index contributed by atoms with van der Waals surface area (Å²) in [6, 6.07) is 12.8. The van der Waals surface area contributed by atoms with Crippen molar-refractivity contribution in [3.63, 3.8) is 0 Å². The number of benzene rings is 1. The van der Waals surface area contributed by atoms with Gasteiger partial charge in [-0.2, -0.15) is 0 Å². The van der Waals surface area contributed by atoms with Crippen molar-refractivity contribution in [2.45, 2.75) is 51.0 Å². The molecule has 1 N–H and O–H groups in total. The Morgan fingerprint density at radius 2 is 1.93 bits per heavy atom. The number of nitrogens with zero attached hydrogens (tertiary/aromatic N) is 1. The molecule has 4 nitrogen and oxygen atoms in total. The molecule has 1 saturated heterocycles. The van der Waals surface area contributed by atoms with Crippen LogP contribution in [0.3, 0.4) is 0 Å². The summed E-state index contributed by atoms with van der Waals surface area (Å²) in [5.74, 6) is 1.74. The molecule has 0 radical (unpaired) electrons. The van der Waals surface area contributed by atoms with Crippen LogP contribution in [0.2, 0.25) is 0 Å². The van der Waals surface area contributed by atoms with Crippen LogP contribution in [0.5, 0.6) is 11.5 Å². The molecule has 0 saturated carbocycles. The molecule has 1 aliphatic heterocycles. The third-order valence-corrected chi connectivity index (χ3v) is 5.52. The fourth-order valence-electron chi connectivity index (χ4n) is 4.05. The van der Waals surface area contributed by atoms with E-state index in [2.05, 4.69) is 23.3 Å². The maximum atomic E-state index is 5.83. The normalized spacial score (nSPS) is 19.6. The highest BCUT2D eigenvalue weighted by Crippen LogP contribution is 2.20. The molecule has 1 unspecified atom stereocenters. The number of methoxy groups -OCH3 is 1. The third-order valence-electron chi connectivity index (χ3n) is 5.52. The van der Waals surface area contributed by atoms with Crippen molar-refractivity contribution in [3.8, 4) is 11.5 Å². The predicted octanol–water partition coefficient (Wildman–Crippen LogP) is 3.84. The molecular formula is C23H33N2O2+. The van der Waals surface area contributed by atoms with Crippen LogP contribution in [-0.4, -0.2) is 31.8 Å². The summed E-state index contributed by atoms with van der Waals surface area (Å²) in [6.45, 7) is 3.36. The molecule has 0 bridgehead atoms. The second-order valence-corrected chi connectivity index (χ2v) is 7.43. The van der Waals surface area contributed by atoms with Crippen molar-refractivity contribution < 1.29 is 14.4 Å². The molecular weight excluding hydrogens is 336 g/mol.